The molecule has 4 rings (SSSR count). The predicted octanol–water partition coefficient (Wildman–Crippen LogP) is 6.00. The number of amides is 2. The molecule has 1 aliphatic heterocycles. The molecule has 1 fully saturated rings. The van der Waals surface area contributed by atoms with Crippen LogP contribution < -0.4 is 29.6 Å². The summed E-state index contributed by atoms with van der Waals surface area (Å²) in [5, 5.41) is 18.3. The SMILES string of the molecule is COc1cc(-c2cc(NC(=O)Nc3cc(OCCN4CCCC4)ccc3C)cc(OC)c2OC)ccc1/C(C)=N/O. The van der Waals surface area contributed by atoms with Crippen LogP contribution >= 0.6 is 0 Å². The maximum absolute atomic E-state index is 13.1. The number of hydrogen-bond donors (Lipinski definition) is 3. The molecule has 0 aromatic heterocycles. The predicted molar refractivity (Wildman–Crippen MR) is 161 cm³/mol. The smallest absolute Gasteiger partial charge is 0.323 e. The van der Waals surface area contributed by atoms with E-state index >= 15 is 0 Å². The van der Waals surface area contributed by atoms with Gasteiger partial charge in [-0.2, -0.15) is 0 Å². The fraction of sp³-hybridized carbons (Fsp3) is 0.355. The summed E-state index contributed by atoms with van der Waals surface area (Å²) < 4.78 is 22.7. The number of methoxy groups -OCH3 is 3. The van der Waals surface area contributed by atoms with Gasteiger partial charge < -0.3 is 34.8 Å². The lowest BCUT2D eigenvalue weighted by Gasteiger charge is -2.18. The van der Waals surface area contributed by atoms with E-state index < -0.39 is 6.03 Å². The fourth-order valence-corrected chi connectivity index (χ4v) is 4.87. The number of rotatable bonds is 11. The van der Waals surface area contributed by atoms with Crippen molar-refractivity contribution in [3.8, 4) is 34.1 Å². The van der Waals surface area contributed by atoms with Crippen LogP contribution in [0, 0.1) is 6.92 Å². The van der Waals surface area contributed by atoms with E-state index in [9.17, 15) is 10.0 Å². The number of nitrogens with zero attached hydrogens (tertiary/aromatic N) is 2. The van der Waals surface area contributed by atoms with Crippen molar-refractivity contribution >= 4 is 23.1 Å². The summed E-state index contributed by atoms with van der Waals surface area (Å²) in [6, 6.07) is 14.2. The molecule has 10 heteroatoms. The third kappa shape index (κ3) is 7.20. The van der Waals surface area contributed by atoms with Crippen LogP contribution in [0.15, 0.2) is 53.7 Å². The highest BCUT2D eigenvalue weighted by Gasteiger charge is 2.18. The Labute approximate surface area is 240 Å². The van der Waals surface area contributed by atoms with Crippen LogP contribution in [-0.2, 0) is 0 Å². The van der Waals surface area contributed by atoms with Crippen LogP contribution in [0.5, 0.6) is 23.0 Å². The molecule has 0 atom stereocenters. The van der Waals surface area contributed by atoms with Gasteiger partial charge in [0.15, 0.2) is 11.5 Å². The van der Waals surface area contributed by atoms with E-state index in [0.29, 0.717) is 57.8 Å². The average molecular weight is 563 g/mol. The molecular weight excluding hydrogens is 524 g/mol. The molecule has 3 N–H and O–H groups in total. The highest BCUT2D eigenvalue weighted by Crippen LogP contribution is 2.42. The van der Waals surface area contributed by atoms with Crippen molar-refractivity contribution in [1.29, 1.82) is 0 Å². The lowest BCUT2D eigenvalue weighted by Crippen LogP contribution is -2.25. The molecule has 218 valence electrons. The van der Waals surface area contributed by atoms with Crippen LogP contribution in [-0.4, -0.2) is 69.4 Å². The molecule has 0 saturated carbocycles. The number of urea groups is 1. The molecule has 1 heterocycles. The van der Waals surface area contributed by atoms with Crippen LogP contribution in [0.25, 0.3) is 11.1 Å². The molecule has 2 amide bonds. The normalized spacial score (nSPS) is 13.5. The molecular formula is C31H38N4O6. The zero-order valence-electron chi connectivity index (χ0n) is 24.2. The van der Waals surface area contributed by atoms with Gasteiger partial charge in [0.2, 0.25) is 0 Å². The number of anilines is 2. The molecule has 0 radical (unpaired) electrons. The van der Waals surface area contributed by atoms with Gasteiger partial charge in [0, 0.05) is 41.2 Å². The lowest BCUT2D eigenvalue weighted by atomic mass is 9.99. The quantitative estimate of drug-likeness (QED) is 0.149. The van der Waals surface area contributed by atoms with Crippen molar-refractivity contribution in [2.75, 3.05) is 58.2 Å². The molecule has 0 spiro atoms. The zero-order valence-corrected chi connectivity index (χ0v) is 24.2. The Morgan fingerprint density at radius 3 is 2.39 bits per heavy atom. The van der Waals surface area contributed by atoms with E-state index in [-0.39, 0.29) is 0 Å². The Morgan fingerprint density at radius 1 is 0.951 bits per heavy atom. The van der Waals surface area contributed by atoms with Gasteiger partial charge in [0.1, 0.15) is 18.1 Å². The molecule has 1 aliphatic rings. The number of benzene rings is 3. The second kappa shape index (κ2) is 13.8. The highest BCUT2D eigenvalue weighted by atomic mass is 16.5. The second-order valence-corrected chi connectivity index (χ2v) is 9.81. The summed E-state index contributed by atoms with van der Waals surface area (Å²) in [6.45, 7) is 7.35. The maximum atomic E-state index is 13.1. The lowest BCUT2D eigenvalue weighted by molar-refractivity contribution is 0.238. The Kier molecular flexibility index (Phi) is 9.91. The number of likely N-dealkylation sites (tertiary alicyclic amines) is 1. The molecule has 3 aromatic carbocycles. The van der Waals surface area contributed by atoms with E-state index in [1.54, 1.807) is 39.3 Å². The number of carbonyl (C=O) groups excluding carboxylic acids is 1. The molecule has 3 aromatic rings. The van der Waals surface area contributed by atoms with Gasteiger partial charge in [-0.1, -0.05) is 17.3 Å². The summed E-state index contributed by atoms with van der Waals surface area (Å²) in [4.78, 5) is 15.5. The summed E-state index contributed by atoms with van der Waals surface area (Å²) >= 11 is 0. The van der Waals surface area contributed by atoms with Crippen LogP contribution in [0.1, 0.15) is 30.9 Å². The van der Waals surface area contributed by atoms with Gasteiger partial charge in [-0.15, -0.1) is 0 Å². The van der Waals surface area contributed by atoms with Gasteiger partial charge in [-0.25, -0.2) is 4.79 Å². The minimum absolute atomic E-state index is 0.414. The van der Waals surface area contributed by atoms with E-state index in [0.717, 1.165) is 30.8 Å². The third-order valence-electron chi connectivity index (χ3n) is 7.12. The highest BCUT2D eigenvalue weighted by molar-refractivity contribution is 6.02. The second-order valence-electron chi connectivity index (χ2n) is 9.81. The minimum atomic E-state index is -0.414. The fourth-order valence-electron chi connectivity index (χ4n) is 4.87. The first-order chi connectivity index (χ1) is 19.9. The number of oxime groups is 1. The number of ether oxygens (including phenoxy) is 4. The third-order valence-corrected chi connectivity index (χ3v) is 7.12. The molecule has 10 nitrogen and oxygen atoms in total. The number of nitrogens with one attached hydrogen (secondary N) is 2. The first-order valence-corrected chi connectivity index (χ1v) is 13.5. The van der Waals surface area contributed by atoms with Gasteiger partial charge in [0.05, 0.1) is 27.0 Å². The van der Waals surface area contributed by atoms with E-state index in [2.05, 4.69) is 20.7 Å². The molecule has 0 aliphatic carbocycles. The van der Waals surface area contributed by atoms with Gasteiger partial charge in [-0.05, 0) is 75.2 Å². The van der Waals surface area contributed by atoms with Crippen molar-refractivity contribution in [2.24, 2.45) is 5.16 Å². The molecule has 0 bridgehead atoms. The zero-order chi connectivity index (χ0) is 29.4. The number of hydrogen-bond acceptors (Lipinski definition) is 8. The molecule has 41 heavy (non-hydrogen) atoms. The van der Waals surface area contributed by atoms with E-state index in [1.165, 1.54) is 20.0 Å². The molecule has 0 unspecified atom stereocenters. The van der Waals surface area contributed by atoms with Gasteiger partial charge in [-0.3, -0.25) is 4.90 Å². The number of carbonyl (C=O) groups is 1. The minimum Gasteiger partial charge on any atom is -0.496 e. The Bertz CT molecular complexity index is 1400. The first kappa shape index (κ1) is 29.5. The maximum Gasteiger partial charge on any atom is 0.323 e. The van der Waals surface area contributed by atoms with Crippen LogP contribution in [0.4, 0.5) is 16.2 Å². The summed E-state index contributed by atoms with van der Waals surface area (Å²) in [5.74, 6) is 2.17. The summed E-state index contributed by atoms with van der Waals surface area (Å²) in [5.41, 5.74) is 4.57. The van der Waals surface area contributed by atoms with Crippen molar-refractivity contribution in [2.45, 2.75) is 26.7 Å². The van der Waals surface area contributed by atoms with Crippen molar-refractivity contribution in [3.05, 3.63) is 59.7 Å². The topological polar surface area (TPSA) is 114 Å². The van der Waals surface area contributed by atoms with Gasteiger partial charge >= 0.3 is 6.03 Å². The largest absolute Gasteiger partial charge is 0.496 e. The monoisotopic (exact) mass is 562 g/mol. The van der Waals surface area contributed by atoms with Crippen LogP contribution in [0.3, 0.4) is 0 Å². The average Bonchev–Trinajstić information content (AvgIpc) is 3.51. The Hall–Kier alpha value is -4.44. The van der Waals surface area contributed by atoms with Crippen molar-refractivity contribution < 1.29 is 28.9 Å². The van der Waals surface area contributed by atoms with Crippen LogP contribution in [0.2, 0.25) is 0 Å². The molecule has 1 saturated heterocycles. The van der Waals surface area contributed by atoms with Crippen molar-refractivity contribution in [3.63, 3.8) is 0 Å². The van der Waals surface area contributed by atoms with E-state index in [1.807, 2.05) is 37.3 Å². The first-order valence-electron chi connectivity index (χ1n) is 13.5. The van der Waals surface area contributed by atoms with Crippen molar-refractivity contribution in [1.82, 2.24) is 4.90 Å². The number of aryl methyl sites for hydroxylation is 1. The van der Waals surface area contributed by atoms with Gasteiger partial charge in [0.25, 0.3) is 0 Å². The summed E-state index contributed by atoms with van der Waals surface area (Å²) in [6.07, 6.45) is 2.49. The summed E-state index contributed by atoms with van der Waals surface area (Å²) in [7, 11) is 4.64. The Morgan fingerprint density at radius 2 is 1.71 bits per heavy atom. The standard InChI is InChI=1S/C31H38N4O6/c1-20-8-10-24(41-15-14-35-12-6-7-13-35)19-27(20)33-31(36)32-23-17-26(30(40-5)29(18-23)39-4)22-9-11-25(21(2)34-37)28(16-22)38-3/h8-11,16-19,37H,6-7,12-15H2,1-5H3,(H2,32,33,36)/b34-21+. The van der Waals surface area contributed by atoms with E-state index in [4.69, 9.17) is 18.9 Å². The Balaban J connectivity index is 1.54.